The number of nitrogens with zero attached hydrogens (tertiary/aromatic N) is 1. The Kier molecular flexibility index (Phi) is 5.46. The first-order valence-electron chi connectivity index (χ1n) is 7.25. The summed E-state index contributed by atoms with van der Waals surface area (Å²) >= 11 is 0. The third kappa shape index (κ3) is 3.75. The summed E-state index contributed by atoms with van der Waals surface area (Å²) in [5, 5.41) is 8.78. The fourth-order valence-electron chi connectivity index (χ4n) is 2.75. The van der Waals surface area contributed by atoms with Crippen molar-refractivity contribution in [2.75, 3.05) is 26.8 Å². The van der Waals surface area contributed by atoms with Crippen LogP contribution < -0.4 is 4.74 Å². The van der Waals surface area contributed by atoms with Gasteiger partial charge >= 0.3 is 0 Å². The number of likely N-dealkylation sites (tertiary alicyclic amines) is 1. The van der Waals surface area contributed by atoms with Crippen molar-refractivity contribution in [3.63, 3.8) is 0 Å². The molecule has 0 spiro atoms. The number of hydrogen-bond donors (Lipinski definition) is 1. The van der Waals surface area contributed by atoms with Gasteiger partial charge in [0.05, 0.1) is 7.11 Å². The summed E-state index contributed by atoms with van der Waals surface area (Å²) in [7, 11) is 1.71. The van der Waals surface area contributed by atoms with Gasteiger partial charge in [0.25, 0.3) is 0 Å². The van der Waals surface area contributed by atoms with Gasteiger partial charge in [-0.05, 0) is 37.1 Å². The molecular formula is C17H23NO2. The largest absolute Gasteiger partial charge is 0.496 e. The molecule has 1 aliphatic rings. The molecule has 1 fully saturated rings. The molecule has 2 rings (SSSR count). The lowest BCUT2D eigenvalue weighted by Gasteiger charge is -2.18. The lowest BCUT2D eigenvalue weighted by Crippen LogP contribution is -2.20. The average molecular weight is 273 g/mol. The molecule has 1 aromatic carbocycles. The van der Waals surface area contributed by atoms with E-state index in [1.54, 1.807) is 7.11 Å². The van der Waals surface area contributed by atoms with Crippen LogP contribution in [0.2, 0.25) is 0 Å². The number of rotatable bonds is 4. The number of benzene rings is 1. The van der Waals surface area contributed by atoms with Crippen LogP contribution in [0, 0.1) is 17.8 Å². The van der Waals surface area contributed by atoms with Crippen molar-refractivity contribution < 1.29 is 9.84 Å². The van der Waals surface area contributed by atoms with Crippen LogP contribution in [0.1, 0.15) is 30.9 Å². The normalized spacial score (nSPS) is 18.6. The van der Waals surface area contributed by atoms with Crippen molar-refractivity contribution in [2.24, 2.45) is 5.92 Å². The summed E-state index contributed by atoms with van der Waals surface area (Å²) in [5.41, 5.74) is 2.11. The van der Waals surface area contributed by atoms with Crippen LogP contribution in [0.4, 0.5) is 0 Å². The number of aliphatic hydroxyl groups is 1. The molecule has 3 heteroatoms. The summed E-state index contributed by atoms with van der Waals surface area (Å²) in [5.74, 6) is 7.40. The summed E-state index contributed by atoms with van der Waals surface area (Å²) in [6, 6.07) is 5.97. The van der Waals surface area contributed by atoms with Crippen molar-refractivity contribution in [3.8, 4) is 17.6 Å². The molecule has 1 unspecified atom stereocenters. The molecule has 1 aromatic rings. The smallest absolute Gasteiger partial charge is 0.123 e. The zero-order chi connectivity index (χ0) is 14.4. The van der Waals surface area contributed by atoms with E-state index in [1.165, 1.54) is 24.9 Å². The molecule has 1 atom stereocenters. The van der Waals surface area contributed by atoms with E-state index >= 15 is 0 Å². The van der Waals surface area contributed by atoms with E-state index < -0.39 is 0 Å². The Morgan fingerprint density at radius 3 is 2.95 bits per heavy atom. The molecule has 1 heterocycles. The predicted octanol–water partition coefficient (Wildman–Crippen LogP) is 2.27. The Labute approximate surface area is 121 Å². The number of ether oxygens (including phenoxy) is 1. The van der Waals surface area contributed by atoms with E-state index in [2.05, 4.69) is 29.7 Å². The predicted molar refractivity (Wildman–Crippen MR) is 80.6 cm³/mol. The highest BCUT2D eigenvalue weighted by Gasteiger charge is 2.21. The van der Waals surface area contributed by atoms with Gasteiger partial charge < -0.3 is 9.84 Å². The molecular weight excluding hydrogens is 250 g/mol. The van der Waals surface area contributed by atoms with Crippen molar-refractivity contribution in [2.45, 2.75) is 26.3 Å². The molecule has 0 aromatic heterocycles. The average Bonchev–Trinajstić information content (AvgIpc) is 2.93. The molecule has 1 N–H and O–H groups in total. The van der Waals surface area contributed by atoms with Gasteiger partial charge in [0, 0.05) is 24.2 Å². The van der Waals surface area contributed by atoms with E-state index in [1.807, 2.05) is 12.1 Å². The van der Waals surface area contributed by atoms with Crippen LogP contribution in [0.15, 0.2) is 18.2 Å². The SMILES string of the molecule is CCC1CCN(Cc2cc(C#CCO)ccc2OC)C1. The Morgan fingerprint density at radius 1 is 1.45 bits per heavy atom. The van der Waals surface area contributed by atoms with Crippen molar-refractivity contribution in [1.29, 1.82) is 0 Å². The highest BCUT2D eigenvalue weighted by molar-refractivity contribution is 5.44. The van der Waals surface area contributed by atoms with Gasteiger partial charge in [-0.3, -0.25) is 4.90 Å². The maximum absolute atomic E-state index is 8.78. The number of methoxy groups -OCH3 is 1. The third-order valence-electron chi connectivity index (χ3n) is 3.93. The highest BCUT2D eigenvalue weighted by Crippen LogP contribution is 2.25. The highest BCUT2D eigenvalue weighted by atomic mass is 16.5. The van der Waals surface area contributed by atoms with Gasteiger partial charge in [-0.1, -0.05) is 25.2 Å². The molecule has 20 heavy (non-hydrogen) atoms. The lowest BCUT2D eigenvalue weighted by molar-refractivity contribution is 0.307. The molecule has 1 aliphatic heterocycles. The Hall–Kier alpha value is -1.50. The Balaban J connectivity index is 2.12. The van der Waals surface area contributed by atoms with Crippen LogP contribution in [-0.2, 0) is 6.54 Å². The summed E-state index contributed by atoms with van der Waals surface area (Å²) in [6.45, 7) is 5.40. The quantitative estimate of drug-likeness (QED) is 0.854. The monoisotopic (exact) mass is 273 g/mol. The van der Waals surface area contributed by atoms with Crippen molar-refractivity contribution >= 4 is 0 Å². The van der Waals surface area contributed by atoms with Crippen LogP contribution in [-0.4, -0.2) is 36.8 Å². The minimum Gasteiger partial charge on any atom is -0.496 e. The molecule has 0 radical (unpaired) electrons. The van der Waals surface area contributed by atoms with E-state index in [-0.39, 0.29) is 6.61 Å². The van der Waals surface area contributed by atoms with Crippen LogP contribution in [0.5, 0.6) is 5.75 Å². The standard InChI is InChI=1S/C17H23NO2/c1-3-14-8-9-18(12-14)13-16-11-15(5-4-10-19)6-7-17(16)20-2/h6-7,11,14,19H,3,8-10,12-13H2,1-2H3. The van der Waals surface area contributed by atoms with E-state index in [0.717, 1.165) is 30.3 Å². The first-order valence-corrected chi connectivity index (χ1v) is 7.25. The van der Waals surface area contributed by atoms with Gasteiger partial charge in [0.1, 0.15) is 12.4 Å². The molecule has 1 saturated heterocycles. The summed E-state index contributed by atoms with van der Waals surface area (Å²) < 4.78 is 5.44. The fraction of sp³-hybridized carbons (Fsp3) is 0.529. The van der Waals surface area contributed by atoms with E-state index in [4.69, 9.17) is 9.84 Å². The number of hydrogen-bond acceptors (Lipinski definition) is 3. The van der Waals surface area contributed by atoms with Crippen molar-refractivity contribution in [1.82, 2.24) is 4.90 Å². The minimum atomic E-state index is -0.105. The maximum Gasteiger partial charge on any atom is 0.123 e. The molecule has 0 saturated carbocycles. The van der Waals surface area contributed by atoms with Gasteiger partial charge in [0.2, 0.25) is 0 Å². The van der Waals surface area contributed by atoms with Crippen molar-refractivity contribution in [3.05, 3.63) is 29.3 Å². The maximum atomic E-state index is 8.78. The topological polar surface area (TPSA) is 32.7 Å². The fourth-order valence-corrected chi connectivity index (χ4v) is 2.75. The Morgan fingerprint density at radius 2 is 2.30 bits per heavy atom. The zero-order valence-corrected chi connectivity index (χ0v) is 12.4. The zero-order valence-electron chi connectivity index (χ0n) is 12.4. The minimum absolute atomic E-state index is 0.105. The van der Waals surface area contributed by atoms with Gasteiger partial charge in [-0.2, -0.15) is 0 Å². The molecule has 0 aliphatic carbocycles. The summed E-state index contributed by atoms with van der Waals surface area (Å²) in [4.78, 5) is 2.48. The van der Waals surface area contributed by atoms with Gasteiger partial charge in [-0.15, -0.1) is 0 Å². The first-order chi connectivity index (χ1) is 9.76. The molecule has 0 bridgehead atoms. The molecule has 108 valence electrons. The second-order valence-corrected chi connectivity index (χ2v) is 5.28. The van der Waals surface area contributed by atoms with E-state index in [0.29, 0.717) is 0 Å². The summed E-state index contributed by atoms with van der Waals surface area (Å²) in [6.07, 6.45) is 2.55. The Bertz CT molecular complexity index is 501. The van der Waals surface area contributed by atoms with Crippen LogP contribution in [0.3, 0.4) is 0 Å². The lowest BCUT2D eigenvalue weighted by atomic mass is 10.1. The first kappa shape index (κ1) is 14.9. The molecule has 0 amide bonds. The van der Waals surface area contributed by atoms with Gasteiger partial charge in [0.15, 0.2) is 0 Å². The van der Waals surface area contributed by atoms with E-state index in [9.17, 15) is 0 Å². The van der Waals surface area contributed by atoms with Crippen LogP contribution >= 0.6 is 0 Å². The second-order valence-electron chi connectivity index (χ2n) is 5.28. The molecule has 3 nitrogen and oxygen atoms in total. The van der Waals surface area contributed by atoms with Gasteiger partial charge in [-0.25, -0.2) is 0 Å². The second kappa shape index (κ2) is 7.33. The number of aliphatic hydroxyl groups excluding tert-OH is 1. The van der Waals surface area contributed by atoms with Crippen LogP contribution in [0.25, 0.3) is 0 Å². The third-order valence-corrected chi connectivity index (χ3v) is 3.93.